The number of carbonyl (C=O) groups is 2. The van der Waals surface area contributed by atoms with Crippen LogP contribution >= 0.6 is 0 Å². The van der Waals surface area contributed by atoms with E-state index in [0.29, 0.717) is 5.75 Å². The summed E-state index contributed by atoms with van der Waals surface area (Å²) < 4.78 is 5.33. The van der Waals surface area contributed by atoms with Crippen LogP contribution in [0.15, 0.2) is 30.3 Å². The Morgan fingerprint density at radius 2 is 1.93 bits per heavy atom. The average molecular weight is 206 g/mol. The fourth-order valence-electron chi connectivity index (χ4n) is 1.27. The van der Waals surface area contributed by atoms with Crippen molar-refractivity contribution >= 4 is 11.9 Å². The Morgan fingerprint density at radius 1 is 1.20 bits per heavy atom. The van der Waals surface area contributed by atoms with Gasteiger partial charge < -0.3 is 10.1 Å². The molecule has 0 radical (unpaired) electrons. The van der Waals surface area contributed by atoms with Crippen molar-refractivity contribution in [1.29, 1.82) is 0 Å². The van der Waals surface area contributed by atoms with Gasteiger partial charge in [-0.15, -0.1) is 0 Å². The van der Waals surface area contributed by atoms with Gasteiger partial charge in [0, 0.05) is 0 Å². The van der Waals surface area contributed by atoms with Gasteiger partial charge in [-0.2, -0.15) is 0 Å². The molecule has 78 valence electrons. The van der Waals surface area contributed by atoms with Crippen LogP contribution in [0.1, 0.15) is 0 Å². The van der Waals surface area contributed by atoms with Crippen molar-refractivity contribution in [2.45, 2.75) is 6.04 Å². The van der Waals surface area contributed by atoms with E-state index in [9.17, 15) is 9.59 Å². The molecule has 1 saturated heterocycles. The van der Waals surface area contributed by atoms with Crippen LogP contribution in [0.25, 0.3) is 0 Å². The number of benzene rings is 1. The molecule has 0 bridgehead atoms. The topological polar surface area (TPSA) is 67.4 Å². The van der Waals surface area contributed by atoms with Gasteiger partial charge in [0.15, 0.2) is 0 Å². The van der Waals surface area contributed by atoms with Crippen LogP contribution in [0.3, 0.4) is 0 Å². The highest BCUT2D eigenvalue weighted by molar-refractivity contribution is 6.04. The quantitative estimate of drug-likeness (QED) is 0.698. The molecule has 1 aliphatic rings. The van der Waals surface area contributed by atoms with Gasteiger partial charge >= 0.3 is 6.03 Å². The summed E-state index contributed by atoms with van der Waals surface area (Å²) in [5.74, 6) is 0.322. The van der Waals surface area contributed by atoms with E-state index in [2.05, 4.69) is 10.6 Å². The maximum absolute atomic E-state index is 11.1. The number of urea groups is 1. The van der Waals surface area contributed by atoms with E-state index in [4.69, 9.17) is 4.74 Å². The molecule has 0 aromatic heterocycles. The lowest BCUT2D eigenvalue weighted by atomic mass is 10.3. The minimum Gasteiger partial charge on any atom is -0.491 e. The van der Waals surface area contributed by atoms with Gasteiger partial charge in [0.1, 0.15) is 18.4 Å². The molecule has 1 unspecified atom stereocenters. The number of nitrogens with one attached hydrogen (secondary N) is 2. The molecule has 1 fully saturated rings. The minimum atomic E-state index is -0.599. The molecule has 1 heterocycles. The van der Waals surface area contributed by atoms with Crippen molar-refractivity contribution in [3.8, 4) is 5.75 Å². The summed E-state index contributed by atoms with van der Waals surface area (Å²) in [6, 6.07) is 8.05. The SMILES string of the molecule is O=C1NC(=O)C(COc2ccccc2)N1. The van der Waals surface area contributed by atoms with Gasteiger partial charge in [-0.1, -0.05) is 18.2 Å². The van der Waals surface area contributed by atoms with Crippen LogP contribution in [0, 0.1) is 0 Å². The van der Waals surface area contributed by atoms with Crippen molar-refractivity contribution in [2.24, 2.45) is 0 Å². The number of para-hydroxylation sites is 1. The number of carbonyl (C=O) groups excluding carboxylic acids is 2. The number of imide groups is 1. The smallest absolute Gasteiger partial charge is 0.322 e. The summed E-state index contributed by atoms with van der Waals surface area (Å²) in [4.78, 5) is 21.9. The van der Waals surface area contributed by atoms with Crippen molar-refractivity contribution in [3.05, 3.63) is 30.3 Å². The first-order valence-corrected chi connectivity index (χ1v) is 4.55. The number of ether oxygens (including phenoxy) is 1. The van der Waals surface area contributed by atoms with Gasteiger partial charge in [-0.3, -0.25) is 10.1 Å². The Bertz CT molecular complexity index is 378. The Kier molecular flexibility index (Phi) is 2.53. The first-order valence-electron chi connectivity index (χ1n) is 4.55. The second kappa shape index (κ2) is 4.00. The normalized spacial score (nSPS) is 19.6. The largest absolute Gasteiger partial charge is 0.491 e. The molecule has 1 aromatic rings. The molecule has 15 heavy (non-hydrogen) atoms. The second-order valence-corrected chi connectivity index (χ2v) is 3.14. The molecular weight excluding hydrogens is 196 g/mol. The van der Waals surface area contributed by atoms with Crippen LogP contribution < -0.4 is 15.4 Å². The second-order valence-electron chi connectivity index (χ2n) is 3.14. The van der Waals surface area contributed by atoms with Crippen LogP contribution in [-0.2, 0) is 4.79 Å². The fraction of sp³-hybridized carbons (Fsp3) is 0.200. The summed E-state index contributed by atoms with van der Waals surface area (Å²) in [6.07, 6.45) is 0. The van der Waals surface area contributed by atoms with Crippen molar-refractivity contribution in [1.82, 2.24) is 10.6 Å². The summed E-state index contributed by atoms with van der Waals surface area (Å²) >= 11 is 0. The van der Waals surface area contributed by atoms with E-state index in [1.165, 1.54) is 0 Å². The fourth-order valence-corrected chi connectivity index (χ4v) is 1.27. The summed E-state index contributed by atoms with van der Waals surface area (Å²) in [6.45, 7) is 0.140. The number of hydrogen-bond donors (Lipinski definition) is 2. The molecule has 1 atom stereocenters. The molecule has 0 spiro atoms. The Labute approximate surface area is 86.4 Å². The van der Waals surface area contributed by atoms with Crippen LogP contribution in [-0.4, -0.2) is 24.6 Å². The van der Waals surface area contributed by atoms with Gasteiger partial charge in [0.2, 0.25) is 0 Å². The van der Waals surface area contributed by atoms with Gasteiger partial charge in [-0.25, -0.2) is 4.79 Å². The lowest BCUT2D eigenvalue weighted by Gasteiger charge is -2.09. The Hall–Kier alpha value is -2.04. The van der Waals surface area contributed by atoms with Crippen LogP contribution in [0.4, 0.5) is 4.79 Å². The lowest BCUT2D eigenvalue weighted by molar-refractivity contribution is -0.120. The highest BCUT2D eigenvalue weighted by Crippen LogP contribution is 2.09. The Morgan fingerprint density at radius 3 is 2.53 bits per heavy atom. The third-order valence-electron chi connectivity index (χ3n) is 2.02. The van der Waals surface area contributed by atoms with E-state index in [-0.39, 0.29) is 12.5 Å². The molecule has 5 heteroatoms. The molecule has 2 N–H and O–H groups in total. The number of amides is 3. The summed E-state index contributed by atoms with van der Waals surface area (Å²) in [5.41, 5.74) is 0. The summed E-state index contributed by atoms with van der Waals surface area (Å²) in [5, 5.41) is 4.58. The van der Waals surface area contributed by atoms with E-state index < -0.39 is 12.1 Å². The van der Waals surface area contributed by atoms with Crippen molar-refractivity contribution in [3.63, 3.8) is 0 Å². The third-order valence-corrected chi connectivity index (χ3v) is 2.02. The van der Waals surface area contributed by atoms with Crippen LogP contribution in [0.2, 0.25) is 0 Å². The average Bonchev–Trinajstić information content (AvgIpc) is 2.56. The molecule has 0 saturated carbocycles. The predicted octanol–water partition coefficient (Wildman–Crippen LogP) is 0.273. The van der Waals surface area contributed by atoms with Gasteiger partial charge in [0.25, 0.3) is 5.91 Å². The number of rotatable bonds is 3. The first kappa shape index (κ1) is 9.51. The highest BCUT2D eigenvalue weighted by Gasteiger charge is 2.29. The molecule has 0 aliphatic carbocycles. The Balaban J connectivity index is 1.89. The van der Waals surface area contributed by atoms with Crippen LogP contribution in [0.5, 0.6) is 5.75 Å². The number of hydrogen-bond acceptors (Lipinski definition) is 3. The molecule has 3 amide bonds. The molecular formula is C10H10N2O3. The monoisotopic (exact) mass is 206 g/mol. The third kappa shape index (κ3) is 2.25. The van der Waals surface area contributed by atoms with E-state index >= 15 is 0 Å². The molecule has 1 aromatic carbocycles. The highest BCUT2D eigenvalue weighted by atomic mass is 16.5. The first-order chi connectivity index (χ1) is 7.25. The van der Waals surface area contributed by atoms with E-state index in [0.717, 1.165) is 0 Å². The zero-order chi connectivity index (χ0) is 10.7. The maximum atomic E-state index is 11.1. The zero-order valence-electron chi connectivity index (χ0n) is 7.90. The van der Waals surface area contributed by atoms with Crippen molar-refractivity contribution < 1.29 is 14.3 Å². The van der Waals surface area contributed by atoms with Crippen molar-refractivity contribution in [2.75, 3.05) is 6.61 Å². The molecule has 1 aliphatic heterocycles. The van der Waals surface area contributed by atoms with Gasteiger partial charge in [-0.05, 0) is 12.1 Å². The minimum absolute atomic E-state index is 0.140. The lowest BCUT2D eigenvalue weighted by Crippen LogP contribution is -2.34. The predicted molar refractivity (Wildman–Crippen MR) is 52.4 cm³/mol. The molecule has 5 nitrogen and oxygen atoms in total. The van der Waals surface area contributed by atoms with E-state index in [1.54, 1.807) is 12.1 Å². The van der Waals surface area contributed by atoms with Gasteiger partial charge in [0.05, 0.1) is 0 Å². The molecule has 2 rings (SSSR count). The summed E-state index contributed by atoms with van der Waals surface area (Å²) in [7, 11) is 0. The zero-order valence-corrected chi connectivity index (χ0v) is 7.90. The van der Waals surface area contributed by atoms with E-state index in [1.807, 2.05) is 18.2 Å². The standard InChI is InChI=1S/C10H10N2O3/c13-9-8(11-10(14)12-9)6-15-7-4-2-1-3-5-7/h1-5,8H,6H2,(H2,11,12,13,14). The maximum Gasteiger partial charge on any atom is 0.322 e.